The quantitative estimate of drug-likeness (QED) is 0.752. The van der Waals surface area contributed by atoms with Gasteiger partial charge in [-0.3, -0.25) is 4.99 Å². The van der Waals surface area contributed by atoms with Crippen LogP contribution in [-0.4, -0.2) is 14.1 Å². The Morgan fingerprint density at radius 3 is 2.44 bits per heavy atom. The maximum Gasteiger partial charge on any atom is 0.324 e. The van der Waals surface area contributed by atoms with E-state index in [1.807, 2.05) is 20.8 Å². The topological polar surface area (TPSA) is 66.4 Å². The molecule has 0 fully saturated rings. The normalized spacial score (nSPS) is 18.1. The SMILES string of the molecule is CC1=Nc2ccc(S([O])(=O)=O)cc2C1(C)C. The summed E-state index contributed by atoms with van der Waals surface area (Å²) in [7, 11) is -4.39. The summed E-state index contributed by atoms with van der Waals surface area (Å²) in [6, 6.07) is 4.31. The Kier molecular flexibility index (Phi) is 2.22. The van der Waals surface area contributed by atoms with Crippen LogP contribution in [-0.2, 0) is 20.1 Å². The van der Waals surface area contributed by atoms with Crippen LogP contribution in [0.2, 0.25) is 0 Å². The van der Waals surface area contributed by atoms with Crippen LogP contribution in [0.4, 0.5) is 5.69 Å². The molecule has 0 spiro atoms. The number of aliphatic imine (C=N–C) groups is 1. The Balaban J connectivity index is 2.66. The summed E-state index contributed by atoms with van der Waals surface area (Å²) in [5.41, 5.74) is 2.15. The predicted octanol–water partition coefficient (Wildman–Crippen LogP) is 2.19. The summed E-state index contributed by atoms with van der Waals surface area (Å²) < 4.78 is 32.8. The smallest absolute Gasteiger partial charge is 0.257 e. The average molecular weight is 238 g/mol. The first-order valence-corrected chi connectivity index (χ1v) is 6.30. The highest BCUT2D eigenvalue weighted by Crippen LogP contribution is 2.40. The van der Waals surface area contributed by atoms with Gasteiger partial charge in [-0.15, -0.1) is 0 Å². The molecule has 1 aliphatic rings. The van der Waals surface area contributed by atoms with Gasteiger partial charge in [0.2, 0.25) is 0 Å². The van der Waals surface area contributed by atoms with Crippen LogP contribution in [0.15, 0.2) is 28.1 Å². The van der Waals surface area contributed by atoms with Gasteiger partial charge in [-0.25, -0.2) is 0 Å². The van der Waals surface area contributed by atoms with E-state index < -0.39 is 10.1 Å². The molecule has 4 nitrogen and oxygen atoms in total. The molecule has 0 aliphatic carbocycles. The summed E-state index contributed by atoms with van der Waals surface area (Å²) in [4.78, 5) is 4.16. The third-order valence-electron chi connectivity index (χ3n) is 3.12. The lowest BCUT2D eigenvalue weighted by atomic mass is 9.82. The van der Waals surface area contributed by atoms with E-state index in [1.54, 1.807) is 6.07 Å². The molecule has 0 unspecified atom stereocenters. The zero-order valence-electron chi connectivity index (χ0n) is 9.31. The molecular formula is C11H12NO3S. The summed E-state index contributed by atoms with van der Waals surface area (Å²) in [6.07, 6.45) is 0. The summed E-state index contributed by atoms with van der Waals surface area (Å²) in [5.74, 6) is 0. The minimum Gasteiger partial charge on any atom is -0.257 e. The van der Waals surface area contributed by atoms with Crippen LogP contribution < -0.4 is 0 Å². The molecule has 0 bridgehead atoms. The lowest BCUT2D eigenvalue weighted by Crippen LogP contribution is -2.22. The van der Waals surface area contributed by atoms with Crippen molar-refractivity contribution in [2.24, 2.45) is 4.99 Å². The molecule has 0 N–H and O–H groups in total. The van der Waals surface area contributed by atoms with Gasteiger partial charge in [-0.1, -0.05) is 18.4 Å². The molecule has 1 aromatic carbocycles. The molecule has 1 heterocycles. The Morgan fingerprint density at radius 2 is 1.88 bits per heavy atom. The van der Waals surface area contributed by atoms with Crippen molar-refractivity contribution >= 4 is 21.5 Å². The Bertz CT molecular complexity index is 585. The summed E-state index contributed by atoms with van der Waals surface area (Å²) in [6.45, 7) is 5.81. The minimum atomic E-state index is -4.39. The van der Waals surface area contributed by atoms with E-state index in [4.69, 9.17) is 0 Å². The van der Waals surface area contributed by atoms with Crippen LogP contribution in [0.3, 0.4) is 0 Å². The molecule has 5 heteroatoms. The van der Waals surface area contributed by atoms with Crippen molar-refractivity contribution in [2.45, 2.75) is 31.1 Å². The van der Waals surface area contributed by atoms with Crippen LogP contribution in [0.1, 0.15) is 26.3 Å². The first kappa shape index (κ1) is 11.3. The predicted molar refractivity (Wildman–Crippen MR) is 60.1 cm³/mol. The molecule has 0 saturated carbocycles. The van der Waals surface area contributed by atoms with Gasteiger partial charge in [-0.05, 0) is 30.7 Å². The third kappa shape index (κ3) is 1.56. The van der Waals surface area contributed by atoms with E-state index in [-0.39, 0.29) is 10.3 Å². The Labute approximate surface area is 94.8 Å². The number of hydrogen-bond donors (Lipinski definition) is 0. The van der Waals surface area contributed by atoms with Crippen LogP contribution >= 0.6 is 0 Å². The van der Waals surface area contributed by atoms with E-state index in [2.05, 4.69) is 4.99 Å². The van der Waals surface area contributed by atoms with E-state index in [0.717, 1.165) is 17.0 Å². The molecule has 0 amide bonds. The van der Waals surface area contributed by atoms with Gasteiger partial charge in [-0.2, -0.15) is 8.42 Å². The van der Waals surface area contributed by atoms with Gasteiger partial charge in [0, 0.05) is 11.1 Å². The zero-order valence-corrected chi connectivity index (χ0v) is 10.1. The molecule has 0 aromatic heterocycles. The van der Waals surface area contributed by atoms with Gasteiger partial charge in [0.15, 0.2) is 0 Å². The number of benzene rings is 1. The fourth-order valence-electron chi connectivity index (χ4n) is 1.78. The van der Waals surface area contributed by atoms with Crippen molar-refractivity contribution in [1.29, 1.82) is 0 Å². The van der Waals surface area contributed by atoms with Gasteiger partial charge < -0.3 is 0 Å². The van der Waals surface area contributed by atoms with E-state index >= 15 is 0 Å². The summed E-state index contributed by atoms with van der Waals surface area (Å²) >= 11 is 0. The molecule has 1 radical (unpaired) electrons. The second kappa shape index (κ2) is 3.15. The molecule has 0 saturated heterocycles. The van der Waals surface area contributed by atoms with Gasteiger partial charge >= 0.3 is 10.1 Å². The third-order valence-corrected chi connectivity index (χ3v) is 3.95. The van der Waals surface area contributed by atoms with Gasteiger partial charge in [0.05, 0.1) is 10.6 Å². The maximum atomic E-state index is 10.9. The first-order valence-electron chi connectivity index (χ1n) is 4.89. The Hall–Kier alpha value is -1.20. The van der Waals surface area contributed by atoms with Crippen LogP contribution in [0.5, 0.6) is 0 Å². The van der Waals surface area contributed by atoms with Crippen molar-refractivity contribution in [3.63, 3.8) is 0 Å². The van der Waals surface area contributed by atoms with E-state index in [9.17, 15) is 13.0 Å². The van der Waals surface area contributed by atoms with Crippen molar-refractivity contribution in [3.05, 3.63) is 23.8 Å². The standard InChI is InChI=1S/C11H12NO3S/c1-7-11(2,3)9-6-8(16(13,14)15)4-5-10(9)12-7/h4-6H,1-3H3. The molecule has 16 heavy (non-hydrogen) atoms. The molecule has 2 rings (SSSR count). The van der Waals surface area contributed by atoms with E-state index in [0.29, 0.717) is 0 Å². The highest BCUT2D eigenvalue weighted by atomic mass is 32.2. The van der Waals surface area contributed by atoms with Gasteiger partial charge in [0.1, 0.15) is 0 Å². The zero-order chi connectivity index (χ0) is 12.1. The van der Waals surface area contributed by atoms with Gasteiger partial charge in [0.25, 0.3) is 0 Å². The van der Waals surface area contributed by atoms with Crippen LogP contribution in [0.25, 0.3) is 0 Å². The van der Waals surface area contributed by atoms with Crippen LogP contribution in [0, 0.1) is 0 Å². The number of rotatable bonds is 1. The largest absolute Gasteiger partial charge is 0.324 e. The number of fused-ring (bicyclic) bond motifs is 1. The molecular weight excluding hydrogens is 226 g/mol. The summed E-state index contributed by atoms with van der Waals surface area (Å²) in [5, 5.41) is 0. The number of hydrogen-bond acceptors (Lipinski definition) is 3. The molecule has 1 aliphatic heterocycles. The molecule has 85 valence electrons. The second-order valence-electron chi connectivity index (χ2n) is 4.46. The fraction of sp³-hybridized carbons (Fsp3) is 0.364. The van der Waals surface area contributed by atoms with Crippen molar-refractivity contribution in [3.8, 4) is 0 Å². The second-order valence-corrected chi connectivity index (χ2v) is 5.83. The fourth-order valence-corrected chi connectivity index (χ4v) is 2.28. The minimum absolute atomic E-state index is 0.191. The van der Waals surface area contributed by atoms with Crippen molar-refractivity contribution in [2.75, 3.05) is 0 Å². The van der Waals surface area contributed by atoms with Crippen molar-refractivity contribution in [1.82, 2.24) is 0 Å². The molecule has 0 atom stereocenters. The van der Waals surface area contributed by atoms with Crippen molar-refractivity contribution < 1.29 is 13.0 Å². The van der Waals surface area contributed by atoms with E-state index in [1.165, 1.54) is 12.1 Å². The molecule has 1 aromatic rings. The average Bonchev–Trinajstić information content (AvgIpc) is 2.37. The maximum absolute atomic E-state index is 10.9. The Morgan fingerprint density at radius 1 is 1.25 bits per heavy atom. The lowest BCUT2D eigenvalue weighted by molar-refractivity contribution is 0.414. The number of nitrogens with zero attached hydrogens (tertiary/aromatic N) is 1. The monoisotopic (exact) mass is 238 g/mol. The first-order chi connectivity index (χ1) is 7.23. The highest BCUT2D eigenvalue weighted by Gasteiger charge is 2.33. The highest BCUT2D eigenvalue weighted by molar-refractivity contribution is 7.85. The lowest BCUT2D eigenvalue weighted by Gasteiger charge is -2.19.